The van der Waals surface area contributed by atoms with Gasteiger partial charge >= 0.3 is 5.97 Å². The molecule has 2 aromatic carbocycles. The highest BCUT2D eigenvalue weighted by atomic mass is 35.5. The Morgan fingerprint density at radius 3 is 2.72 bits per heavy atom. The lowest BCUT2D eigenvalue weighted by atomic mass is 10.1. The number of aromatic amines is 1. The zero-order chi connectivity index (χ0) is 23.0. The van der Waals surface area contributed by atoms with Crippen molar-refractivity contribution in [3.05, 3.63) is 63.4 Å². The van der Waals surface area contributed by atoms with Crippen LogP contribution in [0.3, 0.4) is 0 Å². The van der Waals surface area contributed by atoms with Gasteiger partial charge in [0, 0.05) is 17.1 Å². The number of imidazole rings is 1. The Morgan fingerprint density at radius 1 is 1.22 bits per heavy atom. The number of hydrogen-bond acceptors (Lipinski definition) is 4. The molecule has 3 N–H and O–H groups in total. The normalized spacial score (nSPS) is 16.8. The standard InChI is InChI=1S/C22H20Cl2N4O4/c1-11(19-26-16-7-5-13(23)10-17(16)27-19)25-20(29)12-4-6-14(15(24)9-12)21(30)28-8-2-3-18(28)22(31)32/h4-7,9-11,18H,2-3,8H2,1H3,(H,25,29)(H,26,27)(H,31,32). The highest BCUT2D eigenvalue weighted by molar-refractivity contribution is 6.34. The number of carboxylic acid groups (broad SMARTS) is 1. The average Bonchev–Trinajstić information content (AvgIpc) is 3.40. The van der Waals surface area contributed by atoms with E-state index in [0.29, 0.717) is 35.8 Å². The third-order valence-corrected chi connectivity index (χ3v) is 6.03. The fourth-order valence-corrected chi connectivity index (χ4v) is 4.23. The molecule has 10 heteroatoms. The number of aliphatic carboxylic acids is 1. The second-order valence-corrected chi connectivity index (χ2v) is 8.51. The summed E-state index contributed by atoms with van der Waals surface area (Å²) in [4.78, 5) is 45.8. The monoisotopic (exact) mass is 474 g/mol. The molecule has 3 aromatic rings. The average molecular weight is 475 g/mol. The van der Waals surface area contributed by atoms with Crippen molar-refractivity contribution in [2.45, 2.75) is 31.8 Å². The molecule has 0 bridgehead atoms. The van der Waals surface area contributed by atoms with Gasteiger partial charge in [-0.05, 0) is 56.2 Å². The van der Waals surface area contributed by atoms with Gasteiger partial charge in [0.1, 0.15) is 11.9 Å². The molecule has 2 atom stereocenters. The maximum Gasteiger partial charge on any atom is 0.326 e. The number of carbonyl (C=O) groups is 3. The lowest BCUT2D eigenvalue weighted by Crippen LogP contribution is -2.40. The molecule has 4 rings (SSSR count). The molecule has 2 unspecified atom stereocenters. The van der Waals surface area contributed by atoms with Gasteiger partial charge in [-0.1, -0.05) is 23.2 Å². The van der Waals surface area contributed by atoms with Gasteiger partial charge < -0.3 is 20.3 Å². The molecule has 2 amide bonds. The second kappa shape index (κ2) is 8.80. The lowest BCUT2D eigenvalue weighted by molar-refractivity contribution is -0.141. The number of nitrogens with zero attached hydrogens (tertiary/aromatic N) is 2. The van der Waals surface area contributed by atoms with Crippen LogP contribution in [0.25, 0.3) is 11.0 Å². The van der Waals surface area contributed by atoms with Gasteiger partial charge in [-0.2, -0.15) is 0 Å². The van der Waals surface area contributed by atoms with Crippen molar-refractivity contribution in [2.75, 3.05) is 6.54 Å². The molecular weight excluding hydrogens is 455 g/mol. The summed E-state index contributed by atoms with van der Waals surface area (Å²) >= 11 is 12.3. The number of nitrogens with one attached hydrogen (secondary N) is 2. The summed E-state index contributed by atoms with van der Waals surface area (Å²) in [7, 11) is 0. The van der Waals surface area contributed by atoms with Crippen LogP contribution in [0.1, 0.15) is 52.3 Å². The molecule has 1 aromatic heterocycles. The van der Waals surface area contributed by atoms with Gasteiger partial charge in [0.25, 0.3) is 11.8 Å². The van der Waals surface area contributed by atoms with E-state index >= 15 is 0 Å². The number of fused-ring (bicyclic) bond motifs is 1. The van der Waals surface area contributed by atoms with E-state index in [1.54, 1.807) is 19.1 Å². The van der Waals surface area contributed by atoms with Gasteiger partial charge in [0.05, 0.1) is 27.7 Å². The largest absolute Gasteiger partial charge is 0.480 e. The molecule has 0 spiro atoms. The Hall–Kier alpha value is -3.10. The lowest BCUT2D eigenvalue weighted by Gasteiger charge is -2.22. The number of rotatable bonds is 5. The molecule has 0 radical (unpaired) electrons. The van der Waals surface area contributed by atoms with Gasteiger partial charge in [-0.25, -0.2) is 9.78 Å². The van der Waals surface area contributed by atoms with Crippen LogP contribution in [0.5, 0.6) is 0 Å². The van der Waals surface area contributed by atoms with Crippen molar-refractivity contribution in [3.8, 4) is 0 Å². The van der Waals surface area contributed by atoms with Crippen LogP contribution in [-0.4, -0.2) is 50.3 Å². The van der Waals surface area contributed by atoms with Gasteiger partial charge in [-0.15, -0.1) is 0 Å². The van der Waals surface area contributed by atoms with E-state index in [1.165, 1.54) is 23.1 Å². The Labute approximate surface area is 193 Å². The number of carboxylic acids is 1. The highest BCUT2D eigenvalue weighted by Crippen LogP contribution is 2.26. The van der Waals surface area contributed by atoms with E-state index in [-0.39, 0.29) is 22.1 Å². The van der Waals surface area contributed by atoms with Crippen LogP contribution in [-0.2, 0) is 4.79 Å². The van der Waals surface area contributed by atoms with Crippen molar-refractivity contribution in [3.63, 3.8) is 0 Å². The summed E-state index contributed by atoms with van der Waals surface area (Å²) in [6.07, 6.45) is 1.03. The van der Waals surface area contributed by atoms with Crippen LogP contribution in [0.4, 0.5) is 0 Å². The fourth-order valence-electron chi connectivity index (χ4n) is 3.80. The minimum atomic E-state index is -1.04. The van der Waals surface area contributed by atoms with Crippen molar-refractivity contribution in [1.29, 1.82) is 0 Å². The SMILES string of the molecule is CC(NC(=O)c1ccc(C(=O)N2CCCC2C(=O)O)c(Cl)c1)c1nc2cc(Cl)ccc2[nH]1. The van der Waals surface area contributed by atoms with Crippen molar-refractivity contribution in [2.24, 2.45) is 0 Å². The van der Waals surface area contributed by atoms with Crippen LogP contribution < -0.4 is 5.32 Å². The molecule has 1 saturated heterocycles. The van der Waals surface area contributed by atoms with Crippen molar-refractivity contribution < 1.29 is 19.5 Å². The molecule has 32 heavy (non-hydrogen) atoms. The number of benzene rings is 2. The Bertz CT molecular complexity index is 1230. The maximum absolute atomic E-state index is 12.8. The topological polar surface area (TPSA) is 115 Å². The fraction of sp³-hybridized carbons (Fsp3) is 0.273. The van der Waals surface area contributed by atoms with Gasteiger partial charge in [-0.3, -0.25) is 9.59 Å². The Morgan fingerprint density at radius 2 is 2.00 bits per heavy atom. The number of halogens is 2. The summed E-state index contributed by atoms with van der Waals surface area (Å²) in [5, 5.41) is 12.8. The Balaban J connectivity index is 1.48. The second-order valence-electron chi connectivity index (χ2n) is 7.67. The molecular formula is C22H20Cl2N4O4. The van der Waals surface area contributed by atoms with Crippen molar-refractivity contribution >= 4 is 52.0 Å². The van der Waals surface area contributed by atoms with Crippen molar-refractivity contribution in [1.82, 2.24) is 20.2 Å². The summed E-state index contributed by atoms with van der Waals surface area (Å²) in [6.45, 7) is 2.14. The van der Waals surface area contributed by atoms with Gasteiger partial charge in [0.2, 0.25) is 0 Å². The first-order chi connectivity index (χ1) is 15.2. The van der Waals surface area contributed by atoms with Crippen LogP contribution >= 0.6 is 23.2 Å². The molecule has 1 fully saturated rings. The predicted octanol–water partition coefficient (Wildman–Crippen LogP) is 4.05. The van der Waals surface area contributed by atoms with Crippen LogP contribution in [0.2, 0.25) is 10.0 Å². The van der Waals surface area contributed by atoms with E-state index in [4.69, 9.17) is 23.2 Å². The van der Waals surface area contributed by atoms with Crippen LogP contribution in [0.15, 0.2) is 36.4 Å². The quantitative estimate of drug-likeness (QED) is 0.515. The number of H-pyrrole nitrogens is 1. The van der Waals surface area contributed by atoms with E-state index < -0.39 is 24.0 Å². The molecule has 2 heterocycles. The summed E-state index contributed by atoms with van der Waals surface area (Å²) < 4.78 is 0. The minimum absolute atomic E-state index is 0.0877. The van der Waals surface area contributed by atoms with E-state index in [9.17, 15) is 19.5 Å². The third-order valence-electron chi connectivity index (χ3n) is 5.48. The summed E-state index contributed by atoms with van der Waals surface area (Å²) in [6, 6.07) is 8.36. The molecule has 166 valence electrons. The smallest absolute Gasteiger partial charge is 0.326 e. The number of hydrogen-bond donors (Lipinski definition) is 3. The van der Waals surface area contributed by atoms with E-state index in [0.717, 1.165) is 5.52 Å². The van der Waals surface area contributed by atoms with E-state index in [1.807, 2.05) is 6.07 Å². The zero-order valence-electron chi connectivity index (χ0n) is 17.1. The minimum Gasteiger partial charge on any atom is -0.480 e. The van der Waals surface area contributed by atoms with E-state index in [2.05, 4.69) is 15.3 Å². The molecule has 1 aliphatic heterocycles. The molecule has 0 aliphatic carbocycles. The first-order valence-electron chi connectivity index (χ1n) is 10.0. The molecule has 8 nitrogen and oxygen atoms in total. The van der Waals surface area contributed by atoms with Gasteiger partial charge in [0.15, 0.2) is 0 Å². The zero-order valence-corrected chi connectivity index (χ0v) is 18.6. The number of amides is 2. The summed E-state index contributed by atoms with van der Waals surface area (Å²) in [5.41, 5.74) is 1.94. The first-order valence-corrected chi connectivity index (χ1v) is 10.8. The third kappa shape index (κ3) is 4.28. The maximum atomic E-state index is 12.8. The Kier molecular flexibility index (Phi) is 6.08. The number of carbonyl (C=O) groups excluding carboxylic acids is 2. The summed E-state index contributed by atoms with van der Waals surface area (Å²) in [5.74, 6) is -1.31. The molecule has 1 aliphatic rings. The highest BCUT2D eigenvalue weighted by Gasteiger charge is 2.35. The van der Waals surface area contributed by atoms with Crippen LogP contribution in [0, 0.1) is 0 Å². The predicted molar refractivity (Wildman–Crippen MR) is 120 cm³/mol. The molecule has 0 saturated carbocycles. The first kappa shape index (κ1) is 22.1. The number of aromatic nitrogens is 2. The number of likely N-dealkylation sites (tertiary alicyclic amines) is 1.